The number of nitrogens with zero attached hydrogens (tertiary/aromatic N) is 1. The summed E-state index contributed by atoms with van der Waals surface area (Å²) in [4.78, 5) is 12.2. The first-order valence-electron chi connectivity index (χ1n) is 6.71. The molecule has 0 aromatic heterocycles. The van der Waals surface area contributed by atoms with Gasteiger partial charge in [-0.2, -0.15) is 4.31 Å². The highest BCUT2D eigenvalue weighted by Gasteiger charge is 2.44. The van der Waals surface area contributed by atoms with Crippen LogP contribution in [-0.4, -0.2) is 38.8 Å². The Morgan fingerprint density at radius 3 is 2.52 bits per heavy atom. The number of hydrogen-bond donors (Lipinski definition) is 1. The number of sulfonamides is 1. The smallest absolute Gasteiger partial charge is 0.243 e. The summed E-state index contributed by atoms with van der Waals surface area (Å²) in [6.07, 6.45) is 0.533. The topological polar surface area (TPSA) is 66.5 Å². The second kappa shape index (κ2) is 6.06. The van der Waals surface area contributed by atoms with E-state index >= 15 is 0 Å². The van der Waals surface area contributed by atoms with E-state index < -0.39 is 15.4 Å². The average Bonchev–Trinajstić information content (AvgIpc) is 2.91. The maximum Gasteiger partial charge on any atom is 0.243 e. The van der Waals surface area contributed by atoms with Gasteiger partial charge in [-0.15, -0.1) is 0 Å². The number of rotatable bonds is 4. The third kappa shape index (κ3) is 3.14. The van der Waals surface area contributed by atoms with Crippen LogP contribution in [0.5, 0.6) is 0 Å². The van der Waals surface area contributed by atoms with Gasteiger partial charge in [0.2, 0.25) is 15.9 Å². The molecule has 0 aliphatic carbocycles. The highest BCUT2D eigenvalue weighted by atomic mass is 79.9. The number of halogens is 1. The van der Waals surface area contributed by atoms with Crippen LogP contribution in [0.25, 0.3) is 0 Å². The van der Waals surface area contributed by atoms with E-state index in [9.17, 15) is 13.2 Å². The quantitative estimate of drug-likeness (QED) is 0.816. The molecule has 1 N–H and O–H groups in total. The summed E-state index contributed by atoms with van der Waals surface area (Å²) in [6.45, 7) is 2.39. The van der Waals surface area contributed by atoms with Gasteiger partial charge in [-0.1, -0.05) is 28.1 Å². The number of benzene rings is 1. The van der Waals surface area contributed by atoms with Crippen LogP contribution in [0.2, 0.25) is 0 Å². The lowest BCUT2D eigenvalue weighted by Crippen LogP contribution is -2.40. The maximum atomic E-state index is 12.6. The Morgan fingerprint density at radius 2 is 2.00 bits per heavy atom. The Hall–Kier alpha value is -0.920. The van der Waals surface area contributed by atoms with E-state index in [4.69, 9.17) is 0 Å². The molecule has 1 atom stereocenters. The Kier molecular flexibility index (Phi) is 4.75. The van der Waals surface area contributed by atoms with E-state index in [2.05, 4.69) is 21.2 Å². The predicted octanol–water partition coefficient (Wildman–Crippen LogP) is 1.73. The molecule has 1 unspecified atom stereocenters. The molecule has 1 fully saturated rings. The van der Waals surface area contributed by atoms with Crippen molar-refractivity contribution in [2.75, 3.05) is 20.1 Å². The van der Waals surface area contributed by atoms with E-state index in [1.807, 2.05) is 0 Å². The summed E-state index contributed by atoms with van der Waals surface area (Å²) >= 11 is 3.33. The largest absolute Gasteiger partial charge is 0.359 e. The van der Waals surface area contributed by atoms with Crippen LogP contribution < -0.4 is 5.32 Å². The zero-order chi connectivity index (χ0) is 15.7. The Morgan fingerprint density at radius 1 is 1.38 bits per heavy atom. The van der Waals surface area contributed by atoms with E-state index in [1.165, 1.54) is 4.31 Å². The molecule has 2 rings (SSSR count). The van der Waals surface area contributed by atoms with Crippen LogP contribution >= 0.6 is 15.9 Å². The van der Waals surface area contributed by atoms with Crippen molar-refractivity contribution in [3.05, 3.63) is 29.8 Å². The van der Waals surface area contributed by atoms with Gasteiger partial charge < -0.3 is 5.32 Å². The molecule has 1 saturated heterocycles. The summed E-state index contributed by atoms with van der Waals surface area (Å²) in [5.41, 5.74) is 0.364. The normalized spacial score (nSPS) is 23.2. The molecule has 1 aromatic rings. The number of hydrogen-bond acceptors (Lipinski definition) is 3. The van der Waals surface area contributed by atoms with Crippen LogP contribution in [0.1, 0.15) is 18.9 Å². The molecule has 7 heteroatoms. The fourth-order valence-electron chi connectivity index (χ4n) is 2.51. The van der Waals surface area contributed by atoms with Crippen LogP contribution in [-0.2, 0) is 20.1 Å². The first-order valence-corrected chi connectivity index (χ1v) is 9.27. The standard InChI is InChI=1S/C14H19BrN2O3S/c1-14(13(18)16-2)7-8-17(10-14)21(19,20)12-5-3-11(9-15)4-6-12/h3-6H,7-10H2,1-2H3,(H,16,18). The van der Waals surface area contributed by atoms with Crippen molar-refractivity contribution in [3.63, 3.8) is 0 Å². The summed E-state index contributed by atoms with van der Waals surface area (Å²) in [5, 5.41) is 3.29. The van der Waals surface area contributed by atoms with Crippen molar-refractivity contribution < 1.29 is 13.2 Å². The predicted molar refractivity (Wildman–Crippen MR) is 84.6 cm³/mol. The fourth-order valence-corrected chi connectivity index (χ4v) is 4.45. The minimum absolute atomic E-state index is 0.116. The van der Waals surface area contributed by atoms with Gasteiger partial charge in [0.25, 0.3) is 0 Å². The van der Waals surface area contributed by atoms with E-state index in [0.29, 0.717) is 18.3 Å². The van der Waals surface area contributed by atoms with Crippen molar-refractivity contribution in [2.24, 2.45) is 5.41 Å². The van der Waals surface area contributed by atoms with Gasteiger partial charge in [-0.25, -0.2) is 8.42 Å². The van der Waals surface area contributed by atoms with Gasteiger partial charge in [0.1, 0.15) is 0 Å². The lowest BCUT2D eigenvalue weighted by Gasteiger charge is -2.22. The van der Waals surface area contributed by atoms with Crippen molar-refractivity contribution in [1.82, 2.24) is 9.62 Å². The molecule has 5 nitrogen and oxygen atoms in total. The molecule has 1 aromatic carbocycles. The summed E-state index contributed by atoms with van der Waals surface area (Å²) in [7, 11) is -1.97. The van der Waals surface area contributed by atoms with Crippen LogP contribution in [0.15, 0.2) is 29.2 Å². The molecular formula is C14H19BrN2O3S. The Balaban J connectivity index is 2.23. The minimum atomic E-state index is -3.54. The minimum Gasteiger partial charge on any atom is -0.359 e. The van der Waals surface area contributed by atoms with Crippen molar-refractivity contribution in [1.29, 1.82) is 0 Å². The number of carbonyl (C=O) groups is 1. The Bertz CT molecular complexity index is 630. The molecule has 0 spiro atoms. The molecule has 116 valence electrons. The third-order valence-electron chi connectivity index (χ3n) is 3.93. The first kappa shape index (κ1) is 16.5. The highest BCUT2D eigenvalue weighted by molar-refractivity contribution is 9.08. The molecule has 0 bridgehead atoms. The highest BCUT2D eigenvalue weighted by Crippen LogP contribution is 2.33. The molecule has 1 amide bonds. The number of carbonyl (C=O) groups excluding carboxylic acids is 1. The second-order valence-electron chi connectivity index (χ2n) is 5.51. The number of amides is 1. The van der Waals surface area contributed by atoms with Crippen molar-refractivity contribution >= 4 is 31.9 Å². The fraction of sp³-hybridized carbons (Fsp3) is 0.500. The number of alkyl halides is 1. The van der Waals surface area contributed by atoms with Crippen molar-refractivity contribution in [3.8, 4) is 0 Å². The molecule has 0 radical (unpaired) electrons. The molecule has 1 heterocycles. The monoisotopic (exact) mass is 374 g/mol. The van der Waals surface area contributed by atoms with Gasteiger partial charge in [-0.3, -0.25) is 4.79 Å². The summed E-state index contributed by atoms with van der Waals surface area (Å²) in [5.74, 6) is -0.116. The van der Waals surface area contributed by atoms with E-state index in [0.717, 1.165) is 5.56 Å². The van der Waals surface area contributed by atoms with E-state index in [1.54, 1.807) is 38.2 Å². The summed E-state index contributed by atoms with van der Waals surface area (Å²) in [6, 6.07) is 6.80. The first-order chi connectivity index (χ1) is 9.83. The molecule has 0 saturated carbocycles. The third-order valence-corrected chi connectivity index (χ3v) is 6.44. The van der Waals surface area contributed by atoms with Gasteiger partial charge in [0, 0.05) is 25.5 Å². The summed E-state index contributed by atoms with van der Waals surface area (Å²) < 4.78 is 26.6. The SMILES string of the molecule is CNC(=O)C1(C)CCN(S(=O)(=O)c2ccc(CBr)cc2)C1. The molecule has 21 heavy (non-hydrogen) atoms. The maximum absolute atomic E-state index is 12.6. The molecular weight excluding hydrogens is 356 g/mol. The van der Waals surface area contributed by atoms with Gasteiger partial charge in [0.05, 0.1) is 10.3 Å². The van der Waals surface area contributed by atoms with E-state index in [-0.39, 0.29) is 17.3 Å². The average molecular weight is 375 g/mol. The Labute approximate surface area is 133 Å². The van der Waals surface area contributed by atoms with Gasteiger partial charge in [0.15, 0.2) is 0 Å². The lowest BCUT2D eigenvalue weighted by molar-refractivity contribution is -0.128. The van der Waals surface area contributed by atoms with Crippen LogP contribution in [0.4, 0.5) is 0 Å². The molecule has 1 aliphatic rings. The zero-order valence-electron chi connectivity index (χ0n) is 12.1. The lowest BCUT2D eigenvalue weighted by atomic mass is 9.89. The van der Waals surface area contributed by atoms with Crippen LogP contribution in [0.3, 0.4) is 0 Å². The van der Waals surface area contributed by atoms with Gasteiger partial charge >= 0.3 is 0 Å². The van der Waals surface area contributed by atoms with Crippen LogP contribution in [0, 0.1) is 5.41 Å². The zero-order valence-corrected chi connectivity index (χ0v) is 14.5. The van der Waals surface area contributed by atoms with Crippen molar-refractivity contribution in [2.45, 2.75) is 23.6 Å². The van der Waals surface area contributed by atoms with Gasteiger partial charge in [-0.05, 0) is 31.0 Å². The molecule has 1 aliphatic heterocycles. The number of nitrogens with one attached hydrogen (secondary N) is 1. The second-order valence-corrected chi connectivity index (χ2v) is 8.00.